The summed E-state index contributed by atoms with van der Waals surface area (Å²) in [5.41, 5.74) is 9.38. The number of H-pyrrole nitrogens is 3. The number of aromatic nitrogens is 5. The molecule has 8 nitrogen and oxygen atoms in total. The van der Waals surface area contributed by atoms with Gasteiger partial charge in [-0.25, -0.2) is 4.98 Å². The normalized spacial score (nSPS) is 12.9. The third-order valence-corrected chi connectivity index (χ3v) is 5.88. The van der Waals surface area contributed by atoms with E-state index in [1.165, 1.54) is 0 Å². The lowest BCUT2D eigenvalue weighted by Gasteiger charge is -2.22. The van der Waals surface area contributed by atoms with Gasteiger partial charge in [-0.05, 0) is 37.1 Å². The number of hydrogen-bond donors (Lipinski definition) is 5. The molecular formula is C25H27N7O. The van der Waals surface area contributed by atoms with E-state index >= 15 is 0 Å². The summed E-state index contributed by atoms with van der Waals surface area (Å²) in [6.45, 7) is 3.37. The van der Waals surface area contributed by atoms with E-state index in [1.54, 1.807) is 13.8 Å². The Labute approximate surface area is 191 Å². The van der Waals surface area contributed by atoms with Gasteiger partial charge < -0.3 is 21.0 Å². The Balaban J connectivity index is 1.43. The fourth-order valence-corrected chi connectivity index (χ4v) is 4.07. The number of fused-ring (bicyclic) bond motifs is 2. The quantitative estimate of drug-likeness (QED) is 0.265. The molecule has 33 heavy (non-hydrogen) atoms. The first kappa shape index (κ1) is 21.0. The zero-order chi connectivity index (χ0) is 23.0. The molecular weight excluding hydrogens is 414 g/mol. The first-order chi connectivity index (χ1) is 15.9. The van der Waals surface area contributed by atoms with Crippen molar-refractivity contribution >= 4 is 27.7 Å². The average Bonchev–Trinajstić information content (AvgIpc) is 3.52. The molecule has 0 aliphatic carbocycles. The maximum Gasteiger partial charge on any atom is 0.240 e. The SMILES string of the molecule is CC(C)(N)C(=O)NC(Cc1c[nH]c2ccccc12)c1n[nH]c(Cc2c[nH]c3ccccc23)n1. The number of para-hydroxylation sites is 2. The van der Waals surface area contributed by atoms with Crippen molar-refractivity contribution in [3.63, 3.8) is 0 Å². The first-order valence-electron chi connectivity index (χ1n) is 11.0. The Morgan fingerprint density at radius 2 is 1.61 bits per heavy atom. The van der Waals surface area contributed by atoms with Gasteiger partial charge in [-0.3, -0.25) is 9.89 Å². The number of rotatable bonds is 7. The molecule has 0 saturated heterocycles. The lowest BCUT2D eigenvalue weighted by molar-refractivity contribution is -0.126. The molecule has 0 saturated carbocycles. The molecule has 3 aromatic heterocycles. The van der Waals surface area contributed by atoms with Gasteiger partial charge in [-0.2, -0.15) is 5.10 Å². The fraction of sp³-hybridized carbons (Fsp3) is 0.240. The molecule has 0 aliphatic heterocycles. The molecule has 5 rings (SSSR count). The molecule has 0 radical (unpaired) electrons. The molecule has 168 valence electrons. The van der Waals surface area contributed by atoms with Crippen LogP contribution in [0.3, 0.4) is 0 Å². The third-order valence-electron chi connectivity index (χ3n) is 5.88. The van der Waals surface area contributed by atoms with Crippen LogP contribution >= 0.6 is 0 Å². The van der Waals surface area contributed by atoms with Crippen molar-refractivity contribution in [1.29, 1.82) is 0 Å². The standard InChI is InChI=1S/C25H27N7O/c1-25(2,26)24(33)29-21(11-15-13-27-19-9-5-3-7-17(15)19)23-30-22(31-32-23)12-16-14-28-20-10-6-4-8-18(16)20/h3-10,13-14,21,27-28H,11-12,26H2,1-2H3,(H,29,33)(H,30,31,32). The molecule has 0 bridgehead atoms. The van der Waals surface area contributed by atoms with Crippen molar-refractivity contribution in [2.45, 2.75) is 38.3 Å². The van der Waals surface area contributed by atoms with Gasteiger partial charge in [0.05, 0.1) is 11.6 Å². The number of carbonyl (C=O) groups is 1. The predicted molar refractivity (Wildman–Crippen MR) is 129 cm³/mol. The average molecular weight is 442 g/mol. The number of hydrogen-bond acceptors (Lipinski definition) is 4. The van der Waals surface area contributed by atoms with Crippen LogP contribution in [0.15, 0.2) is 60.9 Å². The zero-order valence-electron chi connectivity index (χ0n) is 18.6. The second-order valence-corrected chi connectivity index (χ2v) is 8.99. The van der Waals surface area contributed by atoms with Crippen LogP contribution in [-0.2, 0) is 17.6 Å². The zero-order valence-corrected chi connectivity index (χ0v) is 18.6. The summed E-state index contributed by atoms with van der Waals surface area (Å²) in [5, 5.41) is 12.8. The van der Waals surface area contributed by atoms with Crippen LogP contribution in [0.2, 0.25) is 0 Å². The third kappa shape index (κ3) is 4.25. The highest BCUT2D eigenvalue weighted by atomic mass is 16.2. The molecule has 0 aliphatic rings. The van der Waals surface area contributed by atoms with Crippen molar-refractivity contribution in [2.24, 2.45) is 5.73 Å². The molecule has 1 amide bonds. The summed E-state index contributed by atoms with van der Waals surface area (Å²) in [4.78, 5) is 24.1. The van der Waals surface area contributed by atoms with Crippen LogP contribution in [0.25, 0.3) is 21.8 Å². The van der Waals surface area contributed by atoms with E-state index < -0.39 is 11.6 Å². The van der Waals surface area contributed by atoms with E-state index in [4.69, 9.17) is 10.7 Å². The highest BCUT2D eigenvalue weighted by molar-refractivity contribution is 5.86. The minimum atomic E-state index is -1.01. The van der Waals surface area contributed by atoms with Gasteiger partial charge in [0.25, 0.3) is 0 Å². The Bertz CT molecular complexity index is 1420. The maximum absolute atomic E-state index is 12.7. The van der Waals surface area contributed by atoms with Gasteiger partial charge in [0.2, 0.25) is 5.91 Å². The number of benzene rings is 2. The summed E-state index contributed by atoms with van der Waals surface area (Å²) in [6.07, 6.45) is 5.11. The van der Waals surface area contributed by atoms with Crippen LogP contribution in [0.5, 0.6) is 0 Å². The number of carbonyl (C=O) groups excluding carboxylic acids is 1. The monoisotopic (exact) mass is 441 g/mol. The Hall–Kier alpha value is -3.91. The summed E-state index contributed by atoms with van der Waals surface area (Å²) in [7, 11) is 0. The lowest BCUT2D eigenvalue weighted by Crippen LogP contribution is -2.50. The highest BCUT2D eigenvalue weighted by Crippen LogP contribution is 2.25. The van der Waals surface area contributed by atoms with Crippen molar-refractivity contribution in [2.75, 3.05) is 0 Å². The Morgan fingerprint density at radius 3 is 2.27 bits per heavy atom. The van der Waals surface area contributed by atoms with Crippen molar-refractivity contribution in [3.05, 3.63) is 83.7 Å². The predicted octanol–water partition coefficient (Wildman–Crippen LogP) is 3.50. The molecule has 0 spiro atoms. The number of aromatic amines is 3. The highest BCUT2D eigenvalue weighted by Gasteiger charge is 2.28. The molecule has 3 heterocycles. The molecule has 6 N–H and O–H groups in total. The van der Waals surface area contributed by atoms with Crippen LogP contribution in [0.4, 0.5) is 0 Å². The van der Waals surface area contributed by atoms with Crippen LogP contribution in [0.1, 0.15) is 42.7 Å². The molecule has 0 fully saturated rings. The molecule has 2 aromatic carbocycles. The van der Waals surface area contributed by atoms with E-state index in [0.717, 1.165) is 38.8 Å². The lowest BCUT2D eigenvalue weighted by atomic mass is 10.0. The van der Waals surface area contributed by atoms with Gasteiger partial charge >= 0.3 is 0 Å². The number of nitrogens with two attached hydrogens (primary N) is 1. The molecule has 5 aromatic rings. The van der Waals surface area contributed by atoms with Gasteiger partial charge in [0.1, 0.15) is 5.82 Å². The number of amides is 1. The summed E-state index contributed by atoms with van der Waals surface area (Å²) >= 11 is 0. The molecule has 1 unspecified atom stereocenters. The fourth-order valence-electron chi connectivity index (χ4n) is 4.07. The number of nitrogens with one attached hydrogen (secondary N) is 4. The largest absolute Gasteiger partial charge is 0.361 e. The van der Waals surface area contributed by atoms with Gasteiger partial charge in [-0.1, -0.05) is 36.4 Å². The van der Waals surface area contributed by atoms with E-state index in [1.807, 2.05) is 48.8 Å². The van der Waals surface area contributed by atoms with E-state index in [2.05, 4.69) is 37.6 Å². The van der Waals surface area contributed by atoms with Crippen molar-refractivity contribution in [1.82, 2.24) is 30.5 Å². The second kappa shape index (κ2) is 8.22. The summed E-state index contributed by atoms with van der Waals surface area (Å²) in [5.74, 6) is 1.02. The summed E-state index contributed by atoms with van der Waals surface area (Å²) < 4.78 is 0. The Morgan fingerprint density at radius 1 is 1.00 bits per heavy atom. The maximum atomic E-state index is 12.7. The molecule has 1 atom stereocenters. The molecule has 8 heteroatoms. The Kier molecular flexibility index (Phi) is 5.22. The summed E-state index contributed by atoms with van der Waals surface area (Å²) in [6, 6.07) is 15.8. The smallest absolute Gasteiger partial charge is 0.240 e. The van der Waals surface area contributed by atoms with E-state index in [0.29, 0.717) is 18.7 Å². The minimum Gasteiger partial charge on any atom is -0.361 e. The number of nitrogens with zero attached hydrogens (tertiary/aromatic N) is 2. The van der Waals surface area contributed by atoms with Crippen LogP contribution in [-0.4, -0.2) is 36.6 Å². The van der Waals surface area contributed by atoms with Crippen molar-refractivity contribution in [3.8, 4) is 0 Å². The second-order valence-electron chi connectivity index (χ2n) is 8.99. The minimum absolute atomic E-state index is 0.254. The van der Waals surface area contributed by atoms with E-state index in [9.17, 15) is 4.79 Å². The van der Waals surface area contributed by atoms with Crippen LogP contribution < -0.4 is 11.1 Å². The topological polar surface area (TPSA) is 128 Å². The first-order valence-corrected chi connectivity index (χ1v) is 11.0. The van der Waals surface area contributed by atoms with Gasteiger partial charge in [-0.15, -0.1) is 0 Å². The van der Waals surface area contributed by atoms with Gasteiger partial charge in [0, 0.05) is 47.0 Å². The van der Waals surface area contributed by atoms with Gasteiger partial charge in [0.15, 0.2) is 5.82 Å². The van der Waals surface area contributed by atoms with E-state index in [-0.39, 0.29) is 5.91 Å². The van der Waals surface area contributed by atoms with Crippen molar-refractivity contribution < 1.29 is 4.79 Å². The van der Waals surface area contributed by atoms with Crippen LogP contribution in [0, 0.1) is 0 Å².